The molecule has 5 nitrogen and oxygen atoms in total. The molecule has 1 heterocycles. The summed E-state index contributed by atoms with van der Waals surface area (Å²) >= 11 is 0. The second-order valence-electron chi connectivity index (χ2n) is 10.4. The SMILES string of the molecule is N#Cc1ccc(-c2cc(C(=O)N3CC[C@H](N)C3)ccc2-c2ccc(C3(C4(O)CC4)CC3)cc2)cc1. The third-order valence-corrected chi connectivity index (χ3v) is 8.22. The van der Waals surface area contributed by atoms with Crippen LogP contribution in [0.4, 0.5) is 0 Å². The second kappa shape index (κ2) is 8.05. The van der Waals surface area contributed by atoms with E-state index in [0.717, 1.165) is 54.4 Å². The molecule has 1 saturated heterocycles. The topological polar surface area (TPSA) is 90.4 Å². The maximum absolute atomic E-state index is 13.2. The summed E-state index contributed by atoms with van der Waals surface area (Å²) < 4.78 is 0. The van der Waals surface area contributed by atoms with Gasteiger partial charge in [0, 0.05) is 30.1 Å². The van der Waals surface area contributed by atoms with Crippen molar-refractivity contribution in [2.75, 3.05) is 13.1 Å². The molecule has 3 fully saturated rings. The minimum atomic E-state index is -0.512. The van der Waals surface area contributed by atoms with E-state index in [1.807, 2.05) is 47.4 Å². The predicted molar refractivity (Wildman–Crippen MR) is 136 cm³/mol. The molecule has 0 bridgehead atoms. The summed E-state index contributed by atoms with van der Waals surface area (Å²) in [6.07, 6.45) is 4.73. The second-order valence-corrected chi connectivity index (χ2v) is 10.4. The fourth-order valence-corrected chi connectivity index (χ4v) is 5.76. The number of nitriles is 1. The Kier molecular flexibility index (Phi) is 5.07. The number of nitrogens with two attached hydrogens (primary N) is 1. The lowest BCUT2D eigenvalue weighted by Gasteiger charge is -2.23. The first-order valence-electron chi connectivity index (χ1n) is 12.5. The summed E-state index contributed by atoms with van der Waals surface area (Å²) in [4.78, 5) is 15.0. The first-order valence-corrected chi connectivity index (χ1v) is 12.5. The number of nitrogens with zero attached hydrogens (tertiary/aromatic N) is 2. The van der Waals surface area contributed by atoms with Crippen LogP contribution < -0.4 is 5.73 Å². The van der Waals surface area contributed by atoms with Crippen LogP contribution in [0.1, 0.15) is 53.6 Å². The molecule has 6 rings (SSSR count). The number of hydrogen-bond donors (Lipinski definition) is 2. The van der Waals surface area contributed by atoms with Crippen molar-refractivity contribution in [3.05, 3.63) is 83.4 Å². The minimum absolute atomic E-state index is 0.00287. The number of benzene rings is 3. The lowest BCUT2D eigenvalue weighted by molar-refractivity contribution is 0.0791. The van der Waals surface area contributed by atoms with Crippen LogP contribution in [-0.2, 0) is 5.41 Å². The van der Waals surface area contributed by atoms with Crippen molar-refractivity contribution < 1.29 is 9.90 Å². The molecule has 5 heteroatoms. The maximum Gasteiger partial charge on any atom is 0.253 e. The van der Waals surface area contributed by atoms with Gasteiger partial charge in [0.15, 0.2) is 0 Å². The highest BCUT2D eigenvalue weighted by atomic mass is 16.3. The third kappa shape index (κ3) is 3.74. The van der Waals surface area contributed by atoms with Crippen LogP contribution in [0.15, 0.2) is 66.7 Å². The van der Waals surface area contributed by atoms with Gasteiger partial charge >= 0.3 is 0 Å². The van der Waals surface area contributed by atoms with Gasteiger partial charge in [-0.2, -0.15) is 5.26 Å². The Balaban J connectivity index is 1.38. The summed E-state index contributed by atoms with van der Waals surface area (Å²) in [5.74, 6) is 0.00287. The van der Waals surface area contributed by atoms with Crippen molar-refractivity contribution in [2.24, 2.45) is 5.73 Å². The van der Waals surface area contributed by atoms with E-state index in [1.165, 1.54) is 5.56 Å². The molecule has 3 aliphatic rings. The Bertz CT molecular complexity index is 1330. The van der Waals surface area contributed by atoms with Gasteiger partial charge in [-0.25, -0.2) is 0 Å². The van der Waals surface area contributed by atoms with Gasteiger partial charge < -0.3 is 15.7 Å². The molecule has 0 radical (unpaired) electrons. The summed E-state index contributed by atoms with van der Waals surface area (Å²) in [6, 6.07) is 24.2. The van der Waals surface area contributed by atoms with E-state index in [1.54, 1.807) is 0 Å². The molecular formula is C30H29N3O2. The molecular weight excluding hydrogens is 434 g/mol. The molecule has 0 aromatic heterocycles. The molecule has 1 amide bonds. The fourth-order valence-electron chi connectivity index (χ4n) is 5.76. The van der Waals surface area contributed by atoms with Gasteiger partial charge in [-0.1, -0.05) is 42.5 Å². The summed E-state index contributed by atoms with van der Waals surface area (Å²) in [6.45, 7) is 1.27. The van der Waals surface area contributed by atoms with Crippen molar-refractivity contribution in [2.45, 2.75) is 49.2 Å². The molecule has 35 heavy (non-hydrogen) atoms. The van der Waals surface area contributed by atoms with Crippen molar-refractivity contribution in [1.82, 2.24) is 4.90 Å². The van der Waals surface area contributed by atoms with E-state index in [4.69, 9.17) is 5.73 Å². The lowest BCUT2D eigenvalue weighted by Crippen LogP contribution is -2.31. The molecule has 1 atom stereocenters. The average Bonchev–Trinajstić information content (AvgIpc) is 3.82. The fraction of sp³-hybridized carbons (Fsp3) is 0.333. The summed E-state index contributed by atoms with van der Waals surface area (Å²) in [5, 5.41) is 20.0. The highest BCUT2D eigenvalue weighted by Crippen LogP contribution is 2.64. The van der Waals surface area contributed by atoms with Crippen molar-refractivity contribution in [3.8, 4) is 28.3 Å². The summed E-state index contributed by atoms with van der Waals surface area (Å²) in [5.41, 5.74) is 11.9. The summed E-state index contributed by atoms with van der Waals surface area (Å²) in [7, 11) is 0. The van der Waals surface area contributed by atoms with Crippen molar-refractivity contribution in [3.63, 3.8) is 0 Å². The van der Waals surface area contributed by atoms with Crippen LogP contribution in [0.5, 0.6) is 0 Å². The third-order valence-electron chi connectivity index (χ3n) is 8.22. The smallest absolute Gasteiger partial charge is 0.253 e. The molecule has 2 aliphatic carbocycles. The molecule has 3 aromatic rings. The molecule has 3 aromatic carbocycles. The molecule has 0 spiro atoms. The zero-order valence-electron chi connectivity index (χ0n) is 19.7. The molecule has 3 N–H and O–H groups in total. The number of amides is 1. The van der Waals surface area contributed by atoms with Crippen LogP contribution in [0.3, 0.4) is 0 Å². The molecule has 0 unspecified atom stereocenters. The van der Waals surface area contributed by atoms with Gasteiger partial charge in [0.1, 0.15) is 0 Å². The zero-order valence-corrected chi connectivity index (χ0v) is 19.7. The predicted octanol–water partition coefficient (Wildman–Crippen LogP) is 4.62. The molecule has 2 saturated carbocycles. The van der Waals surface area contributed by atoms with Crippen molar-refractivity contribution in [1.29, 1.82) is 5.26 Å². The van der Waals surface area contributed by atoms with E-state index < -0.39 is 5.60 Å². The first kappa shape index (κ1) is 22.0. The number of hydrogen-bond acceptors (Lipinski definition) is 4. The van der Waals surface area contributed by atoms with Crippen molar-refractivity contribution >= 4 is 5.91 Å². The Labute approximate surface area is 205 Å². The number of carbonyl (C=O) groups excluding carboxylic acids is 1. The Morgan fingerprint density at radius 2 is 1.60 bits per heavy atom. The van der Waals surface area contributed by atoms with E-state index in [0.29, 0.717) is 24.2 Å². The zero-order chi connectivity index (χ0) is 24.2. The van der Waals surface area contributed by atoms with Gasteiger partial charge in [0.25, 0.3) is 5.91 Å². The Morgan fingerprint density at radius 3 is 2.17 bits per heavy atom. The number of carbonyl (C=O) groups is 1. The average molecular weight is 464 g/mol. The maximum atomic E-state index is 13.2. The largest absolute Gasteiger partial charge is 0.389 e. The van der Waals surface area contributed by atoms with E-state index in [2.05, 4.69) is 30.3 Å². The van der Waals surface area contributed by atoms with E-state index in [9.17, 15) is 15.2 Å². The first-order chi connectivity index (χ1) is 16.9. The van der Waals surface area contributed by atoms with Crippen LogP contribution in [-0.4, -0.2) is 40.6 Å². The van der Waals surface area contributed by atoms with Crippen LogP contribution in [0.25, 0.3) is 22.3 Å². The lowest BCUT2D eigenvalue weighted by atomic mass is 9.86. The quantitative estimate of drug-likeness (QED) is 0.578. The van der Waals surface area contributed by atoms with E-state index >= 15 is 0 Å². The Morgan fingerprint density at radius 1 is 0.943 bits per heavy atom. The van der Waals surface area contributed by atoms with Gasteiger partial charge in [0.05, 0.1) is 17.2 Å². The highest BCUT2D eigenvalue weighted by Gasteiger charge is 2.65. The molecule has 176 valence electrons. The normalized spacial score (nSPS) is 21.4. The highest BCUT2D eigenvalue weighted by molar-refractivity contribution is 5.98. The van der Waals surface area contributed by atoms with Gasteiger partial charge in [-0.15, -0.1) is 0 Å². The Hall–Kier alpha value is -3.46. The monoisotopic (exact) mass is 463 g/mol. The van der Waals surface area contributed by atoms with Crippen LogP contribution in [0, 0.1) is 11.3 Å². The van der Waals surface area contributed by atoms with Crippen LogP contribution >= 0.6 is 0 Å². The van der Waals surface area contributed by atoms with Crippen LogP contribution in [0.2, 0.25) is 0 Å². The van der Waals surface area contributed by atoms with Gasteiger partial charge in [-0.05, 0) is 84.2 Å². The van der Waals surface area contributed by atoms with Gasteiger partial charge in [0.2, 0.25) is 0 Å². The number of likely N-dealkylation sites (tertiary alicyclic amines) is 1. The molecule has 1 aliphatic heterocycles. The van der Waals surface area contributed by atoms with E-state index in [-0.39, 0.29) is 17.4 Å². The van der Waals surface area contributed by atoms with Gasteiger partial charge in [-0.3, -0.25) is 4.79 Å². The standard InChI is InChI=1S/C30H29N3O2/c31-18-20-1-3-22(4-2-20)27-17-23(28(34)33-16-11-25(32)19-33)7-10-26(27)21-5-8-24(9-6-21)29(12-13-29)30(35)14-15-30/h1-10,17,25,35H,11-16,19,32H2/t25-/m0/s1. The minimum Gasteiger partial charge on any atom is -0.389 e. The number of aliphatic hydroxyl groups is 1. The number of rotatable bonds is 5.